The van der Waals surface area contributed by atoms with Crippen molar-refractivity contribution in [2.75, 3.05) is 13.1 Å². The van der Waals surface area contributed by atoms with Gasteiger partial charge in [0.05, 0.1) is 17.6 Å². The molecule has 1 amide bonds. The normalized spacial score (nSPS) is 19.8. The monoisotopic (exact) mass is 347 g/mol. The lowest BCUT2D eigenvalue weighted by Crippen LogP contribution is -2.34. The standard InChI is InChI=1S/C16H17N3O4S/c20-11(18-5-1-2-6-18)7-19-8-17-14-13(15(19)21)12-9(16(22)23)3-4-10(12)24-14/h8-9H,1-7H2,(H,22,23). The third-order valence-corrected chi connectivity index (χ3v) is 6.04. The summed E-state index contributed by atoms with van der Waals surface area (Å²) in [4.78, 5) is 44.2. The molecule has 3 heterocycles. The van der Waals surface area contributed by atoms with Gasteiger partial charge in [0.25, 0.3) is 5.56 Å². The predicted octanol–water partition coefficient (Wildman–Crippen LogP) is 1.19. The van der Waals surface area contributed by atoms with E-state index in [1.807, 2.05) is 0 Å². The van der Waals surface area contributed by atoms with Gasteiger partial charge in [-0.25, -0.2) is 4.98 Å². The summed E-state index contributed by atoms with van der Waals surface area (Å²) in [6, 6.07) is 0. The van der Waals surface area contributed by atoms with Gasteiger partial charge >= 0.3 is 5.97 Å². The van der Waals surface area contributed by atoms with Crippen LogP contribution >= 0.6 is 11.3 Å². The molecule has 1 fully saturated rings. The first kappa shape index (κ1) is 15.3. The number of fused-ring (bicyclic) bond motifs is 3. The second-order valence-electron chi connectivity index (χ2n) is 6.31. The van der Waals surface area contributed by atoms with E-state index in [1.165, 1.54) is 22.2 Å². The molecular weight excluding hydrogens is 330 g/mol. The number of nitrogens with zero attached hydrogens (tertiary/aromatic N) is 3. The highest BCUT2D eigenvalue weighted by Gasteiger charge is 2.34. The van der Waals surface area contributed by atoms with Crippen molar-refractivity contribution in [3.05, 3.63) is 27.1 Å². The number of hydrogen-bond acceptors (Lipinski definition) is 5. The van der Waals surface area contributed by atoms with E-state index in [9.17, 15) is 19.5 Å². The summed E-state index contributed by atoms with van der Waals surface area (Å²) in [5.74, 6) is -1.64. The highest BCUT2D eigenvalue weighted by atomic mass is 32.1. The van der Waals surface area contributed by atoms with Crippen LogP contribution in [0.5, 0.6) is 0 Å². The van der Waals surface area contributed by atoms with Gasteiger partial charge in [0.1, 0.15) is 11.4 Å². The van der Waals surface area contributed by atoms with Crippen molar-refractivity contribution >= 4 is 33.4 Å². The Kier molecular flexibility index (Phi) is 3.64. The number of carbonyl (C=O) groups excluding carboxylic acids is 1. The van der Waals surface area contributed by atoms with Crippen LogP contribution in [0.15, 0.2) is 11.1 Å². The maximum Gasteiger partial charge on any atom is 0.311 e. The molecule has 4 rings (SSSR count). The number of carboxylic acids is 1. The number of amides is 1. The van der Waals surface area contributed by atoms with E-state index in [0.717, 1.165) is 30.8 Å². The molecule has 1 atom stereocenters. The number of carbonyl (C=O) groups is 2. The van der Waals surface area contributed by atoms with Crippen LogP contribution in [0.4, 0.5) is 0 Å². The molecule has 2 aromatic heterocycles. The van der Waals surface area contributed by atoms with Gasteiger partial charge in [0, 0.05) is 18.0 Å². The van der Waals surface area contributed by atoms with E-state index in [1.54, 1.807) is 4.90 Å². The Hall–Kier alpha value is -2.22. The molecule has 1 unspecified atom stereocenters. The molecule has 8 heteroatoms. The summed E-state index contributed by atoms with van der Waals surface area (Å²) in [5, 5.41) is 9.79. The molecule has 2 aliphatic rings. The Labute approximate surface area is 141 Å². The molecule has 1 aliphatic heterocycles. The van der Waals surface area contributed by atoms with Crippen LogP contribution in [0, 0.1) is 0 Å². The number of carboxylic acid groups (broad SMARTS) is 1. The first-order valence-corrected chi connectivity index (χ1v) is 8.89. The molecule has 0 aromatic carbocycles. The van der Waals surface area contributed by atoms with Gasteiger partial charge in [0.15, 0.2) is 0 Å². The maximum atomic E-state index is 12.8. The van der Waals surface area contributed by atoms with Gasteiger partial charge in [-0.2, -0.15) is 0 Å². The molecule has 0 bridgehead atoms. The number of aryl methyl sites for hydroxylation is 1. The molecule has 0 radical (unpaired) electrons. The maximum absolute atomic E-state index is 12.8. The summed E-state index contributed by atoms with van der Waals surface area (Å²) in [5.41, 5.74) is 0.307. The zero-order valence-electron chi connectivity index (χ0n) is 13.0. The van der Waals surface area contributed by atoms with Crippen LogP contribution in [-0.2, 0) is 22.6 Å². The zero-order chi connectivity index (χ0) is 16.8. The highest BCUT2D eigenvalue weighted by Crippen LogP contribution is 2.41. The van der Waals surface area contributed by atoms with E-state index in [2.05, 4.69) is 4.98 Å². The highest BCUT2D eigenvalue weighted by molar-refractivity contribution is 7.18. The van der Waals surface area contributed by atoms with E-state index < -0.39 is 11.9 Å². The fraction of sp³-hybridized carbons (Fsp3) is 0.500. The Bertz CT molecular complexity index is 895. The lowest BCUT2D eigenvalue weighted by Gasteiger charge is -2.15. The topological polar surface area (TPSA) is 92.5 Å². The SMILES string of the molecule is O=C(O)C1CCc2sc3ncn(CC(=O)N4CCCC4)c(=O)c3c21. The molecule has 126 valence electrons. The summed E-state index contributed by atoms with van der Waals surface area (Å²) in [7, 11) is 0. The second-order valence-corrected chi connectivity index (χ2v) is 7.40. The lowest BCUT2D eigenvalue weighted by atomic mass is 10.0. The van der Waals surface area contributed by atoms with Gasteiger partial charge in [-0.1, -0.05) is 0 Å². The molecule has 2 aromatic rings. The first-order valence-electron chi connectivity index (χ1n) is 8.07. The minimum absolute atomic E-state index is 0.0376. The average Bonchev–Trinajstić information content (AvgIpc) is 3.24. The molecule has 24 heavy (non-hydrogen) atoms. The van der Waals surface area contributed by atoms with Crippen molar-refractivity contribution < 1.29 is 14.7 Å². The number of aromatic nitrogens is 2. The fourth-order valence-corrected chi connectivity index (χ4v) is 4.85. The Morgan fingerprint density at radius 1 is 1.33 bits per heavy atom. The smallest absolute Gasteiger partial charge is 0.311 e. The first-order chi connectivity index (χ1) is 11.6. The number of hydrogen-bond donors (Lipinski definition) is 1. The Morgan fingerprint density at radius 2 is 2.08 bits per heavy atom. The molecule has 1 aliphatic carbocycles. The summed E-state index contributed by atoms with van der Waals surface area (Å²) >= 11 is 1.39. The predicted molar refractivity (Wildman–Crippen MR) is 88.4 cm³/mol. The zero-order valence-corrected chi connectivity index (χ0v) is 13.8. The van der Waals surface area contributed by atoms with Crippen LogP contribution in [0.2, 0.25) is 0 Å². The minimum atomic E-state index is -0.906. The Balaban J connectivity index is 1.75. The van der Waals surface area contributed by atoms with Crippen molar-refractivity contribution in [2.45, 2.75) is 38.1 Å². The van der Waals surface area contributed by atoms with Gasteiger partial charge in [-0.15, -0.1) is 11.3 Å². The number of thiophene rings is 1. The van der Waals surface area contributed by atoms with Crippen molar-refractivity contribution in [2.24, 2.45) is 0 Å². The average molecular weight is 347 g/mol. The minimum Gasteiger partial charge on any atom is -0.481 e. The van der Waals surface area contributed by atoms with Crippen LogP contribution < -0.4 is 5.56 Å². The van der Waals surface area contributed by atoms with Crippen LogP contribution in [0.1, 0.15) is 35.6 Å². The third-order valence-electron chi connectivity index (χ3n) is 4.86. The van der Waals surface area contributed by atoms with Gasteiger partial charge in [0.2, 0.25) is 5.91 Å². The quantitative estimate of drug-likeness (QED) is 0.900. The number of rotatable bonds is 3. The van der Waals surface area contributed by atoms with Gasteiger partial charge in [-0.3, -0.25) is 19.0 Å². The summed E-state index contributed by atoms with van der Waals surface area (Å²) in [6.45, 7) is 1.43. The van der Waals surface area contributed by atoms with Crippen molar-refractivity contribution in [3.8, 4) is 0 Å². The van der Waals surface area contributed by atoms with Crippen molar-refractivity contribution in [1.29, 1.82) is 0 Å². The number of aliphatic carboxylic acids is 1. The number of likely N-dealkylation sites (tertiary alicyclic amines) is 1. The van der Waals surface area contributed by atoms with Crippen LogP contribution in [0.3, 0.4) is 0 Å². The van der Waals surface area contributed by atoms with E-state index >= 15 is 0 Å². The second kappa shape index (κ2) is 5.70. The Morgan fingerprint density at radius 3 is 2.79 bits per heavy atom. The largest absolute Gasteiger partial charge is 0.481 e. The molecule has 1 saturated heterocycles. The molecular formula is C16H17N3O4S. The fourth-order valence-electron chi connectivity index (χ4n) is 3.64. The van der Waals surface area contributed by atoms with Gasteiger partial charge < -0.3 is 10.0 Å². The van der Waals surface area contributed by atoms with Crippen molar-refractivity contribution in [1.82, 2.24) is 14.5 Å². The van der Waals surface area contributed by atoms with E-state index in [4.69, 9.17) is 0 Å². The van der Waals surface area contributed by atoms with E-state index in [0.29, 0.717) is 28.6 Å². The van der Waals surface area contributed by atoms with Crippen molar-refractivity contribution in [3.63, 3.8) is 0 Å². The lowest BCUT2D eigenvalue weighted by molar-refractivity contribution is -0.138. The molecule has 7 nitrogen and oxygen atoms in total. The third kappa shape index (κ3) is 2.32. The molecule has 0 spiro atoms. The van der Waals surface area contributed by atoms with E-state index in [-0.39, 0.29) is 18.0 Å². The molecule has 1 N–H and O–H groups in total. The van der Waals surface area contributed by atoms with Crippen LogP contribution in [0.25, 0.3) is 10.2 Å². The van der Waals surface area contributed by atoms with Crippen LogP contribution in [-0.4, -0.2) is 44.5 Å². The van der Waals surface area contributed by atoms with Gasteiger partial charge in [-0.05, 0) is 31.2 Å². The molecule has 0 saturated carbocycles. The summed E-state index contributed by atoms with van der Waals surface area (Å²) in [6.07, 6.45) is 4.58. The summed E-state index contributed by atoms with van der Waals surface area (Å²) < 4.78 is 1.31.